The second-order valence-electron chi connectivity index (χ2n) is 5.09. The summed E-state index contributed by atoms with van der Waals surface area (Å²) in [6.07, 6.45) is 3.39. The molecule has 0 nitrogen and oxygen atoms in total. The van der Waals surface area contributed by atoms with E-state index in [4.69, 9.17) is 0 Å². The SMILES string of the molecule is C=C(C)CC.CC.CC/C(C)=C(\CC)c1ccccc1C. The third-order valence-corrected chi connectivity index (χ3v) is 3.47. The monoisotopic (exact) mass is 288 g/mol. The summed E-state index contributed by atoms with van der Waals surface area (Å²) >= 11 is 0. The molecule has 120 valence electrons. The molecule has 0 bridgehead atoms. The average molecular weight is 289 g/mol. The zero-order valence-electron chi connectivity index (χ0n) is 15.6. The highest BCUT2D eigenvalue weighted by molar-refractivity contribution is 5.70. The second kappa shape index (κ2) is 13.7. The minimum atomic E-state index is 1.11. The summed E-state index contributed by atoms with van der Waals surface area (Å²) in [6, 6.07) is 8.65. The Hall–Kier alpha value is -1.30. The van der Waals surface area contributed by atoms with Crippen molar-refractivity contribution >= 4 is 5.57 Å². The third-order valence-electron chi connectivity index (χ3n) is 3.47. The Morgan fingerprint density at radius 2 is 1.38 bits per heavy atom. The molecule has 0 radical (unpaired) electrons. The van der Waals surface area contributed by atoms with Crippen LogP contribution in [0.4, 0.5) is 0 Å². The molecule has 21 heavy (non-hydrogen) atoms. The van der Waals surface area contributed by atoms with Crippen molar-refractivity contribution < 1.29 is 0 Å². The van der Waals surface area contributed by atoms with Gasteiger partial charge in [-0.3, -0.25) is 0 Å². The summed E-state index contributed by atoms with van der Waals surface area (Å²) < 4.78 is 0. The fourth-order valence-electron chi connectivity index (χ4n) is 1.85. The zero-order chi connectivity index (χ0) is 16.8. The smallest absolute Gasteiger partial charge is 0.0196 e. The highest BCUT2D eigenvalue weighted by Gasteiger charge is 2.04. The third kappa shape index (κ3) is 9.28. The van der Waals surface area contributed by atoms with Gasteiger partial charge in [0.05, 0.1) is 0 Å². The topological polar surface area (TPSA) is 0 Å². The van der Waals surface area contributed by atoms with E-state index in [1.165, 1.54) is 27.8 Å². The van der Waals surface area contributed by atoms with Gasteiger partial charge in [-0.2, -0.15) is 0 Å². The van der Waals surface area contributed by atoms with Crippen LogP contribution in [-0.2, 0) is 0 Å². The molecule has 0 aliphatic heterocycles. The first-order valence-corrected chi connectivity index (χ1v) is 8.36. The number of rotatable bonds is 4. The van der Waals surface area contributed by atoms with Crippen LogP contribution in [0.15, 0.2) is 42.0 Å². The van der Waals surface area contributed by atoms with Crippen LogP contribution in [0, 0.1) is 6.92 Å². The fourth-order valence-corrected chi connectivity index (χ4v) is 1.85. The molecule has 1 aromatic carbocycles. The molecular weight excluding hydrogens is 252 g/mol. The molecule has 1 rings (SSSR count). The summed E-state index contributed by atoms with van der Waals surface area (Å²) in [5.41, 5.74) is 7.10. The van der Waals surface area contributed by atoms with Gasteiger partial charge in [-0.05, 0) is 56.7 Å². The number of allylic oxidation sites excluding steroid dienone is 3. The molecule has 0 amide bonds. The Bertz CT molecular complexity index is 421. The molecule has 0 aliphatic carbocycles. The van der Waals surface area contributed by atoms with Gasteiger partial charge in [0.2, 0.25) is 0 Å². The maximum absolute atomic E-state index is 3.67. The summed E-state index contributed by atoms with van der Waals surface area (Å²) in [7, 11) is 0. The molecule has 0 unspecified atom stereocenters. The van der Waals surface area contributed by atoms with Gasteiger partial charge in [-0.1, -0.05) is 70.0 Å². The van der Waals surface area contributed by atoms with Crippen molar-refractivity contribution in [1.82, 2.24) is 0 Å². The lowest BCUT2D eigenvalue weighted by molar-refractivity contribution is 1.07. The van der Waals surface area contributed by atoms with Crippen LogP contribution in [0.1, 0.15) is 78.9 Å². The first-order valence-electron chi connectivity index (χ1n) is 8.36. The van der Waals surface area contributed by atoms with Crippen molar-refractivity contribution in [3.63, 3.8) is 0 Å². The molecule has 0 saturated carbocycles. The zero-order valence-corrected chi connectivity index (χ0v) is 15.6. The van der Waals surface area contributed by atoms with Crippen LogP contribution < -0.4 is 0 Å². The van der Waals surface area contributed by atoms with E-state index in [9.17, 15) is 0 Å². The van der Waals surface area contributed by atoms with E-state index < -0.39 is 0 Å². The van der Waals surface area contributed by atoms with Crippen molar-refractivity contribution in [2.45, 2.75) is 74.7 Å². The Morgan fingerprint density at radius 1 is 0.905 bits per heavy atom. The quantitative estimate of drug-likeness (QED) is 0.501. The van der Waals surface area contributed by atoms with Crippen LogP contribution in [0.5, 0.6) is 0 Å². The number of benzene rings is 1. The molecule has 0 aromatic heterocycles. The number of hydrogen-bond donors (Lipinski definition) is 0. The Kier molecular flexibility index (Phi) is 14.3. The lowest BCUT2D eigenvalue weighted by Gasteiger charge is -2.12. The highest BCUT2D eigenvalue weighted by atomic mass is 14.1. The predicted octanol–water partition coefficient (Wildman–Crippen LogP) is 7.59. The molecule has 0 heteroatoms. The molecule has 0 N–H and O–H groups in total. The molecule has 0 aliphatic rings. The first-order chi connectivity index (χ1) is 9.97. The van der Waals surface area contributed by atoms with Gasteiger partial charge >= 0.3 is 0 Å². The van der Waals surface area contributed by atoms with E-state index in [0.29, 0.717) is 0 Å². The highest BCUT2D eigenvalue weighted by Crippen LogP contribution is 2.26. The fraction of sp³-hybridized carbons (Fsp3) is 0.524. The second-order valence-corrected chi connectivity index (χ2v) is 5.09. The largest absolute Gasteiger partial charge is 0.100 e. The number of hydrogen-bond acceptors (Lipinski definition) is 0. The minimum absolute atomic E-state index is 1.11. The first kappa shape index (κ1) is 22.0. The van der Waals surface area contributed by atoms with Gasteiger partial charge in [-0.25, -0.2) is 0 Å². The average Bonchev–Trinajstić information content (AvgIpc) is 2.52. The van der Waals surface area contributed by atoms with Crippen molar-refractivity contribution in [2.75, 3.05) is 0 Å². The Balaban J connectivity index is 0. The maximum atomic E-state index is 3.67. The van der Waals surface area contributed by atoms with Crippen LogP contribution in [0.25, 0.3) is 5.57 Å². The summed E-state index contributed by atoms with van der Waals surface area (Å²) in [4.78, 5) is 0. The van der Waals surface area contributed by atoms with Crippen molar-refractivity contribution in [3.8, 4) is 0 Å². The van der Waals surface area contributed by atoms with Gasteiger partial charge in [0.1, 0.15) is 0 Å². The molecule has 0 heterocycles. The summed E-state index contributed by atoms with van der Waals surface area (Å²) in [5, 5.41) is 0. The van der Waals surface area contributed by atoms with E-state index in [2.05, 4.69) is 65.5 Å². The van der Waals surface area contributed by atoms with E-state index >= 15 is 0 Å². The molecule has 0 saturated heterocycles. The van der Waals surface area contributed by atoms with Crippen LogP contribution in [0.2, 0.25) is 0 Å². The van der Waals surface area contributed by atoms with Gasteiger partial charge in [-0.15, -0.1) is 6.58 Å². The van der Waals surface area contributed by atoms with E-state index in [-0.39, 0.29) is 0 Å². The lowest BCUT2D eigenvalue weighted by Crippen LogP contribution is -1.90. The van der Waals surface area contributed by atoms with Crippen molar-refractivity contribution in [3.05, 3.63) is 53.1 Å². The van der Waals surface area contributed by atoms with Crippen molar-refractivity contribution in [2.24, 2.45) is 0 Å². The van der Waals surface area contributed by atoms with Gasteiger partial charge in [0.15, 0.2) is 0 Å². The van der Waals surface area contributed by atoms with E-state index in [1.807, 2.05) is 20.8 Å². The number of aryl methyl sites for hydroxylation is 1. The van der Waals surface area contributed by atoms with E-state index in [1.54, 1.807) is 0 Å². The minimum Gasteiger partial charge on any atom is -0.100 e. The normalized spacial score (nSPS) is 10.5. The predicted molar refractivity (Wildman–Crippen MR) is 101 cm³/mol. The summed E-state index contributed by atoms with van der Waals surface area (Å²) in [5.74, 6) is 0. The van der Waals surface area contributed by atoms with Crippen LogP contribution >= 0.6 is 0 Å². The van der Waals surface area contributed by atoms with Gasteiger partial charge < -0.3 is 0 Å². The molecule has 0 atom stereocenters. The maximum Gasteiger partial charge on any atom is -0.0196 e. The molecule has 1 aromatic rings. The van der Waals surface area contributed by atoms with Gasteiger partial charge in [0.25, 0.3) is 0 Å². The molecular formula is C21H36. The van der Waals surface area contributed by atoms with E-state index in [0.717, 1.165) is 19.3 Å². The molecule has 0 fully saturated rings. The van der Waals surface area contributed by atoms with Gasteiger partial charge in [0, 0.05) is 0 Å². The Morgan fingerprint density at radius 3 is 1.71 bits per heavy atom. The lowest BCUT2D eigenvalue weighted by atomic mass is 9.94. The standard InChI is InChI=1S/C14H20.C5H10.C2H6/c1-5-11(3)13(6-2)14-10-8-7-9-12(14)4;1-4-5(2)3;1-2/h7-10H,5-6H2,1-4H3;2,4H2,1,3H3;1-2H3/b13-11+;;. The van der Waals surface area contributed by atoms with Crippen molar-refractivity contribution in [1.29, 1.82) is 0 Å². The van der Waals surface area contributed by atoms with Crippen LogP contribution in [-0.4, -0.2) is 0 Å². The van der Waals surface area contributed by atoms with Crippen LogP contribution in [0.3, 0.4) is 0 Å². The summed E-state index contributed by atoms with van der Waals surface area (Å²) in [6.45, 7) is 20.7. The Labute approximate surface area is 134 Å². The molecule has 0 spiro atoms.